The summed E-state index contributed by atoms with van der Waals surface area (Å²) in [4.78, 5) is 12.0. The fourth-order valence-electron chi connectivity index (χ4n) is 4.45. The highest BCUT2D eigenvalue weighted by Crippen LogP contribution is 2.14. The lowest BCUT2D eigenvalue weighted by molar-refractivity contribution is -0.142. The number of esters is 1. The van der Waals surface area contributed by atoms with Gasteiger partial charge in [0.1, 0.15) is 6.61 Å². The summed E-state index contributed by atoms with van der Waals surface area (Å²) in [6, 6.07) is 0. The summed E-state index contributed by atoms with van der Waals surface area (Å²) < 4.78 is 5.42. The number of allylic oxidation sites excluding steroid dienone is 7. The van der Waals surface area contributed by atoms with Crippen molar-refractivity contribution in [1.29, 1.82) is 0 Å². The summed E-state index contributed by atoms with van der Waals surface area (Å²) >= 11 is 0. The van der Waals surface area contributed by atoms with Crippen LogP contribution in [-0.4, -0.2) is 12.6 Å². The molecule has 2 nitrogen and oxygen atoms in total. The molecule has 0 aromatic rings. The Balaban J connectivity index is 3.74. The van der Waals surface area contributed by atoms with E-state index in [0.29, 0.717) is 13.0 Å². The second kappa shape index (κ2) is 26.1. The van der Waals surface area contributed by atoms with Crippen LogP contribution in [0.5, 0.6) is 0 Å². The van der Waals surface area contributed by atoms with Crippen molar-refractivity contribution >= 4 is 5.97 Å². The quantitative estimate of drug-likeness (QED) is 0.0727. The zero-order valence-electron chi connectivity index (χ0n) is 25.8. The Bertz CT molecular complexity index is 673. The van der Waals surface area contributed by atoms with E-state index in [1.165, 1.54) is 92.9 Å². The molecule has 0 amide bonds. The molecule has 0 aliphatic rings. The summed E-state index contributed by atoms with van der Waals surface area (Å²) in [5.74, 6) is -0.0453. The molecule has 0 saturated heterocycles. The fourth-order valence-corrected chi connectivity index (χ4v) is 4.45. The molecule has 0 aromatic heterocycles. The smallest absolute Gasteiger partial charge is 0.306 e. The highest BCUT2D eigenvalue weighted by atomic mass is 16.5. The Hall–Kier alpha value is -1.57. The zero-order chi connectivity index (χ0) is 27.6. The molecule has 0 spiro atoms. The molecule has 0 N–H and O–H groups in total. The topological polar surface area (TPSA) is 26.3 Å². The van der Waals surface area contributed by atoms with E-state index in [2.05, 4.69) is 65.8 Å². The molecule has 0 bridgehead atoms. The van der Waals surface area contributed by atoms with E-state index < -0.39 is 0 Å². The van der Waals surface area contributed by atoms with Gasteiger partial charge in [-0.3, -0.25) is 4.79 Å². The van der Waals surface area contributed by atoms with Crippen molar-refractivity contribution in [2.24, 2.45) is 0 Å². The van der Waals surface area contributed by atoms with E-state index >= 15 is 0 Å². The Morgan fingerprint density at radius 3 is 1.38 bits per heavy atom. The highest BCUT2D eigenvalue weighted by Gasteiger charge is 2.02. The van der Waals surface area contributed by atoms with E-state index in [4.69, 9.17) is 4.74 Å². The lowest BCUT2D eigenvalue weighted by Gasteiger charge is -2.05. The third-order valence-corrected chi connectivity index (χ3v) is 7.06. The molecule has 0 rings (SSSR count). The maximum atomic E-state index is 12.0. The van der Waals surface area contributed by atoms with E-state index in [1.54, 1.807) is 0 Å². The molecule has 2 heteroatoms. The average Bonchev–Trinajstić information content (AvgIpc) is 2.84. The summed E-state index contributed by atoms with van der Waals surface area (Å²) in [5, 5.41) is 0. The first kappa shape index (κ1) is 35.4. The maximum Gasteiger partial charge on any atom is 0.306 e. The van der Waals surface area contributed by atoms with Crippen LogP contribution >= 0.6 is 0 Å². The average molecular weight is 515 g/mol. The van der Waals surface area contributed by atoms with Gasteiger partial charge in [0.25, 0.3) is 0 Å². The molecule has 0 saturated carbocycles. The monoisotopic (exact) mass is 514 g/mol. The van der Waals surface area contributed by atoms with Gasteiger partial charge in [-0.25, -0.2) is 0 Å². The molecule has 0 radical (unpaired) electrons. The van der Waals surface area contributed by atoms with Crippen LogP contribution in [0, 0.1) is 0 Å². The highest BCUT2D eigenvalue weighted by molar-refractivity contribution is 5.69. The van der Waals surface area contributed by atoms with Crippen molar-refractivity contribution in [2.75, 3.05) is 6.61 Å². The number of unbranched alkanes of at least 4 members (excludes halogenated alkanes) is 11. The fraction of sp³-hybridized carbons (Fsp3) is 0.743. The molecule has 0 heterocycles. The molecular formula is C35H62O2. The van der Waals surface area contributed by atoms with Gasteiger partial charge in [-0.05, 0) is 85.6 Å². The Labute approximate surface area is 232 Å². The molecular weight excluding hydrogens is 452 g/mol. The molecule has 214 valence electrons. The Morgan fingerprint density at radius 1 is 0.514 bits per heavy atom. The number of carbonyl (C=O) groups excluding carboxylic acids is 1. The first-order valence-electron chi connectivity index (χ1n) is 15.6. The number of ether oxygens (including phenoxy) is 1. The minimum absolute atomic E-state index is 0.0453. The lowest BCUT2D eigenvalue weighted by Crippen LogP contribution is -2.04. The van der Waals surface area contributed by atoms with Gasteiger partial charge in [0, 0.05) is 6.42 Å². The number of carbonyl (C=O) groups is 1. The van der Waals surface area contributed by atoms with Gasteiger partial charge in [-0.15, -0.1) is 0 Å². The maximum absolute atomic E-state index is 12.0. The van der Waals surface area contributed by atoms with Crippen LogP contribution in [0.4, 0.5) is 0 Å². The predicted molar refractivity (Wildman–Crippen MR) is 165 cm³/mol. The number of rotatable bonds is 24. The summed E-state index contributed by atoms with van der Waals surface area (Å²) in [6.45, 7) is 13.6. The van der Waals surface area contributed by atoms with Crippen LogP contribution in [0.1, 0.15) is 164 Å². The standard InChI is InChI=1S/C35H62O2/c1-7-8-9-10-11-12-13-14-15-16-17-18-28-35(36)37-30-29-34(6)27-21-26-33(5)25-20-24-32(4)23-19-22-31(2)3/h22,24,26,29H,7-21,23,25,27-28,30H2,1-6H3/b32-24+,33-26+,34-29+. The van der Waals surface area contributed by atoms with Crippen LogP contribution in [0.15, 0.2) is 46.6 Å². The minimum Gasteiger partial charge on any atom is -0.461 e. The molecule has 0 fully saturated rings. The summed E-state index contributed by atoms with van der Waals surface area (Å²) in [7, 11) is 0. The van der Waals surface area contributed by atoms with Gasteiger partial charge < -0.3 is 4.74 Å². The zero-order valence-corrected chi connectivity index (χ0v) is 25.8. The molecule has 0 aliphatic carbocycles. The molecule has 37 heavy (non-hydrogen) atoms. The largest absolute Gasteiger partial charge is 0.461 e. The van der Waals surface area contributed by atoms with Crippen LogP contribution in [-0.2, 0) is 9.53 Å². The van der Waals surface area contributed by atoms with E-state index in [0.717, 1.165) is 44.9 Å². The first-order chi connectivity index (χ1) is 17.8. The third kappa shape index (κ3) is 27.3. The van der Waals surface area contributed by atoms with E-state index in [-0.39, 0.29) is 5.97 Å². The first-order valence-corrected chi connectivity index (χ1v) is 15.6. The molecule has 0 atom stereocenters. The summed E-state index contributed by atoms with van der Waals surface area (Å²) in [5.41, 5.74) is 5.67. The van der Waals surface area contributed by atoms with Crippen LogP contribution < -0.4 is 0 Å². The number of hydrogen-bond acceptors (Lipinski definition) is 2. The van der Waals surface area contributed by atoms with Gasteiger partial charge in [0.2, 0.25) is 0 Å². The van der Waals surface area contributed by atoms with Gasteiger partial charge >= 0.3 is 5.97 Å². The molecule has 0 aliphatic heterocycles. The second-order valence-corrected chi connectivity index (χ2v) is 11.4. The van der Waals surface area contributed by atoms with Crippen molar-refractivity contribution in [3.05, 3.63) is 46.6 Å². The summed E-state index contributed by atoms with van der Waals surface area (Å²) in [6.07, 6.45) is 32.2. The van der Waals surface area contributed by atoms with E-state index in [9.17, 15) is 4.79 Å². The van der Waals surface area contributed by atoms with Crippen LogP contribution in [0.2, 0.25) is 0 Å². The van der Waals surface area contributed by atoms with Crippen molar-refractivity contribution < 1.29 is 9.53 Å². The van der Waals surface area contributed by atoms with Crippen molar-refractivity contribution in [1.82, 2.24) is 0 Å². The number of hydrogen-bond donors (Lipinski definition) is 0. The third-order valence-electron chi connectivity index (χ3n) is 7.06. The van der Waals surface area contributed by atoms with Gasteiger partial charge in [0.05, 0.1) is 0 Å². The van der Waals surface area contributed by atoms with Crippen molar-refractivity contribution in [2.45, 2.75) is 164 Å². The predicted octanol–water partition coefficient (Wildman–Crippen LogP) is 11.8. The normalized spacial score (nSPS) is 12.6. The van der Waals surface area contributed by atoms with Crippen molar-refractivity contribution in [3.8, 4) is 0 Å². The Morgan fingerprint density at radius 2 is 0.919 bits per heavy atom. The molecule has 0 aromatic carbocycles. The molecule has 0 unspecified atom stereocenters. The lowest BCUT2D eigenvalue weighted by atomic mass is 10.0. The van der Waals surface area contributed by atoms with Gasteiger partial charge in [-0.2, -0.15) is 0 Å². The van der Waals surface area contributed by atoms with Gasteiger partial charge in [-0.1, -0.05) is 118 Å². The van der Waals surface area contributed by atoms with E-state index in [1.807, 2.05) is 0 Å². The van der Waals surface area contributed by atoms with Gasteiger partial charge in [0.15, 0.2) is 0 Å². The van der Waals surface area contributed by atoms with Crippen LogP contribution in [0.25, 0.3) is 0 Å². The Kier molecular flexibility index (Phi) is 24.9. The van der Waals surface area contributed by atoms with Crippen LogP contribution in [0.3, 0.4) is 0 Å². The SMILES string of the molecule is CCCCCCCCCCCCCCC(=O)OC/C=C(\C)CC/C=C(\C)CC/C=C(\C)CCC=C(C)C. The minimum atomic E-state index is -0.0453. The second-order valence-electron chi connectivity index (χ2n) is 11.4. The van der Waals surface area contributed by atoms with Crippen molar-refractivity contribution in [3.63, 3.8) is 0 Å².